The van der Waals surface area contributed by atoms with E-state index in [0.717, 1.165) is 81.0 Å². The van der Waals surface area contributed by atoms with Crippen molar-refractivity contribution in [2.45, 2.75) is 58.0 Å². The number of aromatic nitrogens is 3. The topological polar surface area (TPSA) is 75.4 Å². The van der Waals surface area contributed by atoms with Gasteiger partial charge in [0, 0.05) is 55.5 Å². The van der Waals surface area contributed by atoms with Gasteiger partial charge in [-0.25, -0.2) is 9.97 Å². The third-order valence-corrected chi connectivity index (χ3v) is 6.44. The molecular weight excluding hydrogens is 354 g/mol. The smallest absolute Gasteiger partial charge is 0.276 e. The molecule has 28 heavy (non-hydrogen) atoms. The second kappa shape index (κ2) is 6.95. The molecule has 0 N–H and O–H groups in total. The maximum Gasteiger partial charge on any atom is 0.276 e. The predicted molar refractivity (Wildman–Crippen MR) is 103 cm³/mol. The van der Waals surface area contributed by atoms with Gasteiger partial charge in [-0.15, -0.1) is 0 Å². The van der Waals surface area contributed by atoms with Crippen molar-refractivity contribution in [1.29, 1.82) is 0 Å². The fraction of sp³-hybridized carbons (Fsp3) is 0.619. The fourth-order valence-corrected chi connectivity index (χ4v) is 4.79. The van der Waals surface area contributed by atoms with Crippen molar-refractivity contribution < 1.29 is 9.32 Å². The van der Waals surface area contributed by atoms with E-state index in [4.69, 9.17) is 9.51 Å². The third-order valence-electron chi connectivity index (χ3n) is 6.44. The Balaban J connectivity index is 1.42. The molecule has 0 bridgehead atoms. The second-order valence-corrected chi connectivity index (χ2v) is 8.63. The number of hydrogen-bond acceptors (Lipinski definition) is 6. The van der Waals surface area contributed by atoms with Crippen LogP contribution in [0, 0.1) is 5.92 Å². The lowest BCUT2D eigenvalue weighted by Gasteiger charge is -2.27. The quantitative estimate of drug-likeness (QED) is 0.796. The highest BCUT2D eigenvalue weighted by molar-refractivity contribution is 5.94. The lowest BCUT2D eigenvalue weighted by Crippen LogP contribution is -2.33. The van der Waals surface area contributed by atoms with Crippen LogP contribution < -0.4 is 0 Å². The first-order valence-corrected chi connectivity index (χ1v) is 10.4. The number of likely N-dealkylation sites (tertiary alicyclic amines) is 1. The van der Waals surface area contributed by atoms with E-state index in [9.17, 15) is 4.79 Å². The SMILES string of the molecule is CC1CCc2onc(C(=O)N3CCCC3c3ncc4c(n3)CCN(C)C4)c2C1. The molecule has 2 aromatic heterocycles. The van der Waals surface area contributed by atoms with Crippen molar-refractivity contribution in [2.24, 2.45) is 5.92 Å². The van der Waals surface area contributed by atoms with Gasteiger partial charge in [-0.3, -0.25) is 4.79 Å². The number of carbonyl (C=O) groups excluding carboxylic acids is 1. The summed E-state index contributed by atoms with van der Waals surface area (Å²) in [7, 11) is 2.12. The summed E-state index contributed by atoms with van der Waals surface area (Å²) in [5, 5.41) is 4.17. The monoisotopic (exact) mass is 381 g/mol. The van der Waals surface area contributed by atoms with Gasteiger partial charge in [-0.05, 0) is 38.6 Å². The van der Waals surface area contributed by atoms with Crippen molar-refractivity contribution in [3.63, 3.8) is 0 Å². The van der Waals surface area contributed by atoms with E-state index in [0.29, 0.717) is 11.6 Å². The van der Waals surface area contributed by atoms with Crippen LogP contribution in [0.4, 0.5) is 0 Å². The Morgan fingerprint density at radius 2 is 2.14 bits per heavy atom. The van der Waals surface area contributed by atoms with Crippen LogP contribution in [-0.2, 0) is 25.8 Å². The molecule has 0 spiro atoms. The molecule has 2 unspecified atom stereocenters. The van der Waals surface area contributed by atoms with Gasteiger partial charge in [0.15, 0.2) is 11.5 Å². The molecule has 1 saturated heterocycles. The molecule has 1 fully saturated rings. The number of rotatable bonds is 2. The van der Waals surface area contributed by atoms with Crippen LogP contribution in [0.1, 0.15) is 71.1 Å². The molecule has 1 aliphatic carbocycles. The molecule has 148 valence electrons. The van der Waals surface area contributed by atoms with E-state index >= 15 is 0 Å². The van der Waals surface area contributed by atoms with Crippen LogP contribution in [0.5, 0.6) is 0 Å². The zero-order valence-corrected chi connectivity index (χ0v) is 16.6. The number of fused-ring (bicyclic) bond motifs is 2. The molecule has 5 rings (SSSR count). The summed E-state index contributed by atoms with van der Waals surface area (Å²) in [6, 6.07) is -0.0641. The van der Waals surface area contributed by atoms with Gasteiger partial charge < -0.3 is 14.3 Å². The van der Waals surface area contributed by atoms with Crippen LogP contribution in [0.2, 0.25) is 0 Å². The van der Waals surface area contributed by atoms with E-state index in [1.807, 2.05) is 11.1 Å². The number of nitrogens with zero attached hydrogens (tertiary/aromatic N) is 5. The van der Waals surface area contributed by atoms with Crippen molar-refractivity contribution in [3.05, 3.63) is 40.3 Å². The van der Waals surface area contributed by atoms with E-state index in [1.165, 1.54) is 5.56 Å². The van der Waals surface area contributed by atoms with E-state index < -0.39 is 0 Å². The van der Waals surface area contributed by atoms with Gasteiger partial charge in [0.05, 0.1) is 6.04 Å². The second-order valence-electron chi connectivity index (χ2n) is 8.63. The molecular formula is C21H27N5O2. The molecule has 0 radical (unpaired) electrons. The van der Waals surface area contributed by atoms with Gasteiger partial charge in [0.1, 0.15) is 5.76 Å². The first kappa shape index (κ1) is 17.8. The van der Waals surface area contributed by atoms with Crippen LogP contribution in [0.25, 0.3) is 0 Å². The summed E-state index contributed by atoms with van der Waals surface area (Å²) in [4.78, 5) is 27.1. The number of amides is 1. The van der Waals surface area contributed by atoms with Gasteiger partial charge in [0.2, 0.25) is 0 Å². The average molecular weight is 381 g/mol. The average Bonchev–Trinajstić information content (AvgIpc) is 3.34. The van der Waals surface area contributed by atoms with Crippen LogP contribution in [-0.4, -0.2) is 51.0 Å². The summed E-state index contributed by atoms with van der Waals surface area (Å²) < 4.78 is 5.51. The number of hydrogen-bond donors (Lipinski definition) is 0. The molecule has 1 amide bonds. The minimum Gasteiger partial charge on any atom is -0.360 e. The predicted octanol–water partition coefficient (Wildman–Crippen LogP) is 2.55. The summed E-state index contributed by atoms with van der Waals surface area (Å²) in [6.07, 6.45) is 7.62. The summed E-state index contributed by atoms with van der Waals surface area (Å²) in [6.45, 7) is 4.86. The Kier molecular flexibility index (Phi) is 4.42. The molecule has 4 heterocycles. The van der Waals surface area contributed by atoms with Crippen LogP contribution in [0.15, 0.2) is 10.7 Å². The van der Waals surface area contributed by atoms with Crippen LogP contribution in [0.3, 0.4) is 0 Å². The fourth-order valence-electron chi connectivity index (χ4n) is 4.79. The molecule has 3 aliphatic rings. The maximum absolute atomic E-state index is 13.3. The maximum atomic E-state index is 13.3. The van der Waals surface area contributed by atoms with Gasteiger partial charge in [-0.1, -0.05) is 12.1 Å². The molecule has 0 saturated carbocycles. The minimum absolute atomic E-state index is 0.0253. The van der Waals surface area contributed by atoms with Gasteiger partial charge in [-0.2, -0.15) is 0 Å². The largest absolute Gasteiger partial charge is 0.360 e. The van der Waals surface area contributed by atoms with Crippen LogP contribution >= 0.6 is 0 Å². The van der Waals surface area contributed by atoms with E-state index in [1.54, 1.807) is 0 Å². The number of likely N-dealkylation sites (N-methyl/N-ethyl adjacent to an activating group) is 1. The minimum atomic E-state index is -0.0641. The van der Waals surface area contributed by atoms with Crippen molar-refractivity contribution in [3.8, 4) is 0 Å². The van der Waals surface area contributed by atoms with Gasteiger partial charge >= 0.3 is 0 Å². The summed E-state index contributed by atoms with van der Waals surface area (Å²) in [5.41, 5.74) is 3.86. The highest BCUT2D eigenvalue weighted by atomic mass is 16.5. The summed E-state index contributed by atoms with van der Waals surface area (Å²) in [5.74, 6) is 2.21. The molecule has 7 nitrogen and oxygen atoms in total. The van der Waals surface area contributed by atoms with Crippen molar-refractivity contribution >= 4 is 5.91 Å². The number of aryl methyl sites for hydroxylation is 1. The Labute approximate surface area is 165 Å². The van der Waals surface area contributed by atoms with Crippen molar-refractivity contribution in [1.82, 2.24) is 24.9 Å². The lowest BCUT2D eigenvalue weighted by atomic mass is 9.88. The molecule has 2 atom stereocenters. The number of carbonyl (C=O) groups is 1. The molecule has 2 aliphatic heterocycles. The van der Waals surface area contributed by atoms with E-state index in [-0.39, 0.29) is 11.9 Å². The Morgan fingerprint density at radius 1 is 1.25 bits per heavy atom. The first-order valence-electron chi connectivity index (χ1n) is 10.4. The Hall–Kier alpha value is -2.28. The zero-order chi connectivity index (χ0) is 19.3. The summed E-state index contributed by atoms with van der Waals surface area (Å²) >= 11 is 0. The standard InChI is InChI=1S/C21H27N5O2/c1-13-5-6-18-15(10-13)19(24-28-18)21(27)26-8-3-4-17(26)20-22-11-14-12-25(2)9-7-16(14)23-20/h11,13,17H,3-10,12H2,1-2H3. The molecule has 2 aromatic rings. The lowest BCUT2D eigenvalue weighted by molar-refractivity contribution is 0.0718. The molecule has 0 aromatic carbocycles. The highest BCUT2D eigenvalue weighted by Gasteiger charge is 2.37. The molecule has 7 heteroatoms. The van der Waals surface area contributed by atoms with Crippen molar-refractivity contribution in [2.75, 3.05) is 20.1 Å². The van der Waals surface area contributed by atoms with Gasteiger partial charge in [0.25, 0.3) is 5.91 Å². The Morgan fingerprint density at radius 3 is 3.04 bits per heavy atom. The zero-order valence-electron chi connectivity index (χ0n) is 16.6. The first-order chi connectivity index (χ1) is 13.6. The Bertz CT molecular complexity index is 908. The highest BCUT2D eigenvalue weighted by Crippen LogP contribution is 2.34. The van der Waals surface area contributed by atoms with E-state index in [2.05, 4.69) is 29.0 Å². The third kappa shape index (κ3) is 3.02. The normalized spacial score (nSPS) is 24.9.